The molecule has 0 radical (unpaired) electrons. The molecule has 0 spiro atoms. The number of carbonyl (C=O) groups excluding carboxylic acids is 1. The van der Waals surface area contributed by atoms with Crippen LogP contribution in [0.15, 0.2) is 48.5 Å². The quantitative estimate of drug-likeness (QED) is 0.339. The number of carbonyl (C=O) groups is 1. The number of hydrogen-bond acceptors (Lipinski definition) is 6. The minimum atomic E-state index is -0.440. The van der Waals surface area contributed by atoms with Crippen LogP contribution in [-0.4, -0.2) is 27.9 Å². The Hall–Kier alpha value is -3.43. The van der Waals surface area contributed by atoms with Gasteiger partial charge < -0.3 is 15.0 Å². The number of imidazole rings is 1. The summed E-state index contributed by atoms with van der Waals surface area (Å²) in [7, 11) is 1.52. The number of rotatable bonds is 5. The van der Waals surface area contributed by atoms with Crippen LogP contribution in [0.3, 0.4) is 0 Å². The van der Waals surface area contributed by atoms with Crippen molar-refractivity contribution >= 4 is 50.6 Å². The third-order valence-corrected chi connectivity index (χ3v) is 5.50. The van der Waals surface area contributed by atoms with Crippen LogP contribution in [0.2, 0.25) is 5.02 Å². The lowest BCUT2D eigenvalue weighted by Gasteiger charge is -2.08. The van der Waals surface area contributed by atoms with Gasteiger partial charge in [0.05, 0.1) is 33.0 Å². The van der Waals surface area contributed by atoms with E-state index in [2.05, 4.69) is 15.3 Å². The van der Waals surface area contributed by atoms with Crippen LogP contribution in [-0.2, 0) is 0 Å². The third kappa shape index (κ3) is 3.78. The average Bonchev–Trinajstić information content (AvgIpc) is 3.34. The number of methoxy groups -OCH3 is 1. The SMILES string of the molecule is COc1ccc(NC(=O)c2ccc3nc(-c4ccc([N+](=O)[O-])s4)[nH]c3c2)cc1Cl. The molecule has 0 saturated heterocycles. The summed E-state index contributed by atoms with van der Waals surface area (Å²) in [5.74, 6) is 0.721. The third-order valence-electron chi connectivity index (χ3n) is 4.16. The molecule has 1 amide bonds. The first-order valence-electron chi connectivity index (χ1n) is 8.34. The first-order valence-corrected chi connectivity index (χ1v) is 9.53. The Balaban J connectivity index is 1.59. The van der Waals surface area contributed by atoms with E-state index in [0.717, 1.165) is 11.3 Å². The molecule has 0 bridgehead atoms. The first-order chi connectivity index (χ1) is 13.9. The normalized spacial score (nSPS) is 10.8. The molecular formula is C19H13ClN4O4S. The number of amides is 1. The van der Waals surface area contributed by atoms with Gasteiger partial charge in [-0.2, -0.15) is 0 Å². The van der Waals surface area contributed by atoms with Gasteiger partial charge in [0.15, 0.2) is 0 Å². The minimum Gasteiger partial charge on any atom is -0.495 e. The summed E-state index contributed by atoms with van der Waals surface area (Å²) in [6, 6.07) is 13.1. The Bertz CT molecular complexity index is 1250. The average molecular weight is 429 g/mol. The Morgan fingerprint density at radius 1 is 1.24 bits per heavy atom. The van der Waals surface area contributed by atoms with E-state index in [-0.39, 0.29) is 10.9 Å². The summed E-state index contributed by atoms with van der Waals surface area (Å²) in [4.78, 5) is 31.2. The number of nitro groups is 1. The largest absolute Gasteiger partial charge is 0.495 e. The van der Waals surface area contributed by atoms with Gasteiger partial charge in [-0.15, -0.1) is 0 Å². The van der Waals surface area contributed by atoms with E-state index < -0.39 is 4.92 Å². The standard InChI is InChI=1S/C19H13ClN4O4S/c1-28-15-5-3-11(9-12(15)20)21-19(25)10-2-4-13-14(8-10)23-18(22-13)16-6-7-17(29-16)24(26)27/h2-9H,1H3,(H,21,25)(H,22,23). The van der Waals surface area contributed by atoms with Crippen molar-refractivity contribution in [1.82, 2.24) is 9.97 Å². The van der Waals surface area contributed by atoms with E-state index in [1.54, 1.807) is 42.5 Å². The van der Waals surface area contributed by atoms with Crippen LogP contribution in [0.4, 0.5) is 10.7 Å². The van der Waals surface area contributed by atoms with Crippen molar-refractivity contribution in [2.75, 3.05) is 12.4 Å². The minimum absolute atomic E-state index is 0.0404. The van der Waals surface area contributed by atoms with Gasteiger partial charge >= 0.3 is 5.00 Å². The molecule has 0 unspecified atom stereocenters. The molecule has 4 rings (SSSR count). The highest BCUT2D eigenvalue weighted by Crippen LogP contribution is 2.32. The van der Waals surface area contributed by atoms with E-state index in [4.69, 9.17) is 16.3 Å². The second-order valence-corrected chi connectivity index (χ2v) is 7.49. The second-order valence-electron chi connectivity index (χ2n) is 6.02. The number of H-pyrrole nitrogens is 1. The van der Waals surface area contributed by atoms with Crippen LogP contribution < -0.4 is 10.1 Å². The molecule has 2 heterocycles. The monoisotopic (exact) mass is 428 g/mol. The van der Waals surface area contributed by atoms with Crippen molar-refractivity contribution < 1.29 is 14.5 Å². The van der Waals surface area contributed by atoms with Gasteiger partial charge in [-0.3, -0.25) is 14.9 Å². The lowest BCUT2D eigenvalue weighted by Crippen LogP contribution is -2.11. The van der Waals surface area contributed by atoms with E-state index in [1.165, 1.54) is 13.2 Å². The zero-order valence-corrected chi connectivity index (χ0v) is 16.5. The number of thiophene rings is 1. The smallest absolute Gasteiger partial charge is 0.324 e. The predicted octanol–water partition coefficient (Wildman–Crippen LogP) is 5.11. The van der Waals surface area contributed by atoms with Gasteiger partial charge in [-0.05, 0) is 42.5 Å². The lowest BCUT2D eigenvalue weighted by atomic mass is 10.2. The van der Waals surface area contributed by atoms with E-state index in [1.807, 2.05) is 0 Å². The molecule has 0 aliphatic heterocycles. The summed E-state index contributed by atoms with van der Waals surface area (Å²) in [5.41, 5.74) is 2.27. The summed E-state index contributed by atoms with van der Waals surface area (Å²) < 4.78 is 5.10. The Morgan fingerprint density at radius 3 is 2.76 bits per heavy atom. The van der Waals surface area contributed by atoms with Crippen LogP contribution in [0.5, 0.6) is 5.75 Å². The van der Waals surface area contributed by atoms with Crippen molar-refractivity contribution in [3.8, 4) is 16.5 Å². The zero-order valence-electron chi connectivity index (χ0n) is 14.9. The van der Waals surface area contributed by atoms with E-state index in [9.17, 15) is 14.9 Å². The highest BCUT2D eigenvalue weighted by molar-refractivity contribution is 7.18. The predicted molar refractivity (Wildman–Crippen MR) is 112 cm³/mol. The highest BCUT2D eigenvalue weighted by Gasteiger charge is 2.15. The fraction of sp³-hybridized carbons (Fsp3) is 0.0526. The Labute approximate surface area is 173 Å². The maximum Gasteiger partial charge on any atom is 0.324 e. The Kier molecular flexibility index (Phi) is 4.91. The van der Waals surface area contributed by atoms with Gasteiger partial charge in [0.25, 0.3) is 5.91 Å². The fourth-order valence-corrected chi connectivity index (χ4v) is 3.79. The fourth-order valence-electron chi connectivity index (χ4n) is 2.77. The maximum atomic E-state index is 12.6. The molecule has 2 N–H and O–H groups in total. The van der Waals surface area contributed by atoms with Gasteiger partial charge in [0, 0.05) is 17.3 Å². The molecule has 4 aromatic rings. The van der Waals surface area contributed by atoms with Crippen LogP contribution >= 0.6 is 22.9 Å². The van der Waals surface area contributed by atoms with Gasteiger partial charge in [-0.25, -0.2) is 4.98 Å². The molecule has 8 nitrogen and oxygen atoms in total. The number of anilines is 1. The van der Waals surface area contributed by atoms with Gasteiger partial charge in [-0.1, -0.05) is 22.9 Å². The number of aromatic nitrogens is 2. The van der Waals surface area contributed by atoms with E-state index in [0.29, 0.717) is 43.8 Å². The molecule has 0 saturated carbocycles. The molecule has 146 valence electrons. The van der Waals surface area contributed by atoms with Gasteiger partial charge in [0.2, 0.25) is 0 Å². The number of fused-ring (bicyclic) bond motifs is 1. The van der Waals surface area contributed by atoms with Crippen molar-refractivity contribution in [2.45, 2.75) is 0 Å². The number of aromatic amines is 1. The first kappa shape index (κ1) is 18.9. The molecule has 29 heavy (non-hydrogen) atoms. The molecule has 2 aromatic heterocycles. The van der Waals surface area contributed by atoms with Crippen molar-refractivity contribution in [2.24, 2.45) is 0 Å². The van der Waals surface area contributed by atoms with Crippen LogP contribution in [0.1, 0.15) is 10.4 Å². The topological polar surface area (TPSA) is 110 Å². The summed E-state index contributed by atoms with van der Waals surface area (Å²) in [5, 5.41) is 14.1. The van der Waals surface area contributed by atoms with Crippen molar-refractivity contribution in [3.63, 3.8) is 0 Å². The molecule has 0 aliphatic rings. The number of hydrogen-bond donors (Lipinski definition) is 2. The van der Waals surface area contributed by atoms with E-state index >= 15 is 0 Å². The van der Waals surface area contributed by atoms with Gasteiger partial charge in [0.1, 0.15) is 11.6 Å². The molecule has 2 aromatic carbocycles. The number of halogens is 1. The number of ether oxygens (including phenoxy) is 1. The molecule has 0 fully saturated rings. The molecule has 0 aliphatic carbocycles. The Morgan fingerprint density at radius 2 is 2.07 bits per heavy atom. The summed E-state index contributed by atoms with van der Waals surface area (Å²) in [6.45, 7) is 0. The number of nitrogens with zero attached hydrogens (tertiary/aromatic N) is 2. The zero-order chi connectivity index (χ0) is 20.5. The highest BCUT2D eigenvalue weighted by atomic mass is 35.5. The summed E-state index contributed by atoms with van der Waals surface area (Å²) >= 11 is 7.12. The molecule has 10 heteroatoms. The summed E-state index contributed by atoms with van der Waals surface area (Å²) in [6.07, 6.45) is 0. The van der Waals surface area contributed by atoms with Crippen molar-refractivity contribution in [1.29, 1.82) is 0 Å². The van der Waals surface area contributed by atoms with Crippen LogP contribution in [0.25, 0.3) is 21.7 Å². The lowest BCUT2D eigenvalue weighted by molar-refractivity contribution is -0.380. The molecule has 0 atom stereocenters. The number of nitrogens with one attached hydrogen (secondary N) is 2. The molecular weight excluding hydrogens is 416 g/mol. The maximum absolute atomic E-state index is 12.6. The van der Waals surface area contributed by atoms with Crippen molar-refractivity contribution in [3.05, 3.63) is 69.2 Å². The number of benzene rings is 2. The van der Waals surface area contributed by atoms with Crippen LogP contribution in [0, 0.1) is 10.1 Å². The second kappa shape index (κ2) is 7.53.